The molecule has 8 heteroatoms. The van der Waals surface area contributed by atoms with E-state index in [9.17, 15) is 8.42 Å². The molecule has 0 atom stereocenters. The van der Waals surface area contributed by atoms with Gasteiger partial charge in [-0.25, -0.2) is 5.43 Å². The molecule has 0 spiro atoms. The maximum absolute atomic E-state index is 11.5. The van der Waals surface area contributed by atoms with E-state index in [0.29, 0.717) is 19.6 Å². The Kier molecular flexibility index (Phi) is 6.41. The molecule has 0 radical (unpaired) electrons. The van der Waals surface area contributed by atoms with Gasteiger partial charge in [-0.05, 0) is 50.0 Å². The van der Waals surface area contributed by atoms with E-state index in [1.54, 1.807) is 0 Å². The average Bonchev–Trinajstić information content (AvgIpc) is 2.94. The van der Waals surface area contributed by atoms with Crippen molar-refractivity contribution in [2.45, 2.75) is 32.2 Å². The molecule has 2 heterocycles. The molecule has 138 valence electrons. The number of nitrogens with one attached hydrogen (secondary N) is 1. The van der Waals surface area contributed by atoms with E-state index in [2.05, 4.69) is 26.9 Å². The zero-order valence-electron chi connectivity index (χ0n) is 14.4. The minimum absolute atomic E-state index is 0.279. The molecule has 3 rings (SSSR count). The van der Waals surface area contributed by atoms with Crippen molar-refractivity contribution in [3.05, 3.63) is 29.8 Å². The Balaban J connectivity index is 1.37. The summed E-state index contributed by atoms with van der Waals surface area (Å²) in [5.74, 6) is 0.867. The van der Waals surface area contributed by atoms with Crippen LogP contribution in [0.15, 0.2) is 28.7 Å². The van der Waals surface area contributed by atoms with E-state index in [1.807, 2.05) is 12.1 Å². The van der Waals surface area contributed by atoms with Crippen LogP contribution in [0.5, 0.6) is 5.75 Å². The number of hydrogen-bond donors (Lipinski definition) is 1. The number of piperidine rings is 1. The molecule has 1 fully saturated rings. The number of rotatable bonds is 8. The van der Waals surface area contributed by atoms with Crippen LogP contribution in [0, 0.1) is 0 Å². The van der Waals surface area contributed by atoms with Crippen LogP contribution in [-0.2, 0) is 16.8 Å². The fourth-order valence-corrected chi connectivity index (χ4v) is 3.95. The number of ether oxygens (including phenoxy) is 1. The minimum atomic E-state index is -3.50. The third-order valence-electron chi connectivity index (χ3n) is 4.37. The van der Waals surface area contributed by atoms with Crippen molar-refractivity contribution in [3.8, 4) is 5.75 Å². The number of benzene rings is 1. The maximum atomic E-state index is 11.5. The van der Waals surface area contributed by atoms with Crippen LogP contribution in [0.2, 0.25) is 0 Å². The Hall–Kier alpha value is -1.48. The summed E-state index contributed by atoms with van der Waals surface area (Å²) in [4.78, 5) is 2.49. The highest BCUT2D eigenvalue weighted by Gasteiger charge is 2.23. The molecule has 7 nitrogen and oxygen atoms in total. The third-order valence-corrected chi connectivity index (χ3v) is 5.62. The molecule has 1 N–H and O–H groups in total. The van der Waals surface area contributed by atoms with E-state index in [4.69, 9.17) is 4.74 Å². The van der Waals surface area contributed by atoms with Crippen molar-refractivity contribution in [1.82, 2.24) is 14.7 Å². The van der Waals surface area contributed by atoms with Crippen LogP contribution in [0.4, 0.5) is 0 Å². The molecule has 0 bridgehead atoms. The molecule has 25 heavy (non-hydrogen) atoms. The fraction of sp³-hybridized carbons (Fsp3) is 0.588. The second kappa shape index (κ2) is 8.75. The normalized spacial score (nSPS) is 20.8. The first-order valence-electron chi connectivity index (χ1n) is 8.87. The molecule has 1 aromatic carbocycles. The maximum Gasteiger partial charge on any atom is 0.335 e. The van der Waals surface area contributed by atoms with Crippen molar-refractivity contribution < 1.29 is 13.2 Å². The predicted molar refractivity (Wildman–Crippen MR) is 97.8 cm³/mol. The Bertz CT molecular complexity index is 687. The van der Waals surface area contributed by atoms with Gasteiger partial charge in [-0.1, -0.05) is 18.6 Å². The minimum Gasteiger partial charge on any atom is -0.494 e. The number of hydrogen-bond acceptors (Lipinski definition) is 5. The summed E-state index contributed by atoms with van der Waals surface area (Å²) in [6.07, 6.45) is 6.02. The fourth-order valence-electron chi connectivity index (χ4n) is 3.07. The molecule has 1 aromatic rings. The summed E-state index contributed by atoms with van der Waals surface area (Å²) in [7, 11) is -3.50. The van der Waals surface area contributed by atoms with Gasteiger partial charge in [0.15, 0.2) is 0 Å². The van der Waals surface area contributed by atoms with Gasteiger partial charge in [0.2, 0.25) is 0 Å². The van der Waals surface area contributed by atoms with Gasteiger partial charge >= 0.3 is 10.2 Å². The van der Waals surface area contributed by atoms with Gasteiger partial charge in [-0.2, -0.15) is 12.8 Å². The van der Waals surface area contributed by atoms with Gasteiger partial charge in [0.1, 0.15) is 5.75 Å². The van der Waals surface area contributed by atoms with Gasteiger partial charge in [0, 0.05) is 19.3 Å². The molecule has 0 saturated carbocycles. The van der Waals surface area contributed by atoms with Crippen LogP contribution in [0.1, 0.15) is 31.2 Å². The zero-order valence-corrected chi connectivity index (χ0v) is 15.2. The zero-order chi connectivity index (χ0) is 17.5. The predicted octanol–water partition coefficient (Wildman–Crippen LogP) is 1.58. The number of likely N-dealkylation sites (tertiary alicyclic amines) is 1. The molecule has 0 aromatic heterocycles. The lowest BCUT2D eigenvalue weighted by Gasteiger charge is -2.26. The molecule has 0 amide bonds. The van der Waals surface area contributed by atoms with Crippen molar-refractivity contribution in [2.24, 2.45) is 4.40 Å². The van der Waals surface area contributed by atoms with Gasteiger partial charge in [-0.15, -0.1) is 4.41 Å². The third kappa shape index (κ3) is 5.50. The second-order valence-corrected chi connectivity index (χ2v) is 7.94. The molecular formula is C17H26N4O3S. The Morgan fingerprint density at radius 1 is 1.20 bits per heavy atom. The number of nitrogens with zero attached hydrogens (tertiary/aromatic N) is 3. The first-order valence-corrected chi connectivity index (χ1v) is 10.3. The SMILES string of the molecule is O=S1(=O)N=CCN1NCCCOc1cccc(CN2CCCCC2)c1. The van der Waals surface area contributed by atoms with Crippen LogP contribution < -0.4 is 10.2 Å². The van der Waals surface area contributed by atoms with Gasteiger partial charge < -0.3 is 4.74 Å². The van der Waals surface area contributed by atoms with Crippen molar-refractivity contribution in [1.29, 1.82) is 0 Å². The van der Waals surface area contributed by atoms with E-state index >= 15 is 0 Å². The lowest BCUT2D eigenvalue weighted by molar-refractivity contribution is 0.220. The van der Waals surface area contributed by atoms with E-state index < -0.39 is 10.2 Å². The lowest BCUT2D eigenvalue weighted by Crippen LogP contribution is -2.40. The van der Waals surface area contributed by atoms with E-state index in [-0.39, 0.29) is 6.54 Å². The molecule has 2 aliphatic rings. The molecule has 2 aliphatic heterocycles. The van der Waals surface area contributed by atoms with Crippen LogP contribution in [-0.4, -0.2) is 56.7 Å². The Morgan fingerprint density at radius 3 is 2.80 bits per heavy atom. The molecule has 0 aliphatic carbocycles. The Morgan fingerprint density at radius 2 is 2.04 bits per heavy atom. The summed E-state index contributed by atoms with van der Waals surface area (Å²) in [5.41, 5.74) is 4.13. The number of hydrazine groups is 1. The lowest BCUT2D eigenvalue weighted by atomic mass is 10.1. The molecular weight excluding hydrogens is 340 g/mol. The largest absolute Gasteiger partial charge is 0.494 e. The summed E-state index contributed by atoms with van der Waals surface area (Å²) >= 11 is 0. The smallest absolute Gasteiger partial charge is 0.335 e. The van der Waals surface area contributed by atoms with Gasteiger partial charge in [0.25, 0.3) is 0 Å². The second-order valence-electron chi connectivity index (χ2n) is 6.39. The quantitative estimate of drug-likeness (QED) is 0.707. The first kappa shape index (κ1) is 18.3. The standard InChI is InChI=1S/C17H26N4O3S/c22-25(23)19-9-12-21(25)18-8-5-13-24-17-7-4-6-16(14-17)15-20-10-2-1-3-11-20/h4,6-7,9,14,18H,1-3,5,8,10-13,15H2. The highest BCUT2D eigenvalue weighted by atomic mass is 32.2. The van der Waals surface area contributed by atoms with E-state index in [0.717, 1.165) is 16.7 Å². The summed E-state index contributed by atoms with van der Waals surface area (Å²) in [6.45, 7) is 4.68. The monoisotopic (exact) mass is 366 g/mol. The average molecular weight is 366 g/mol. The molecule has 1 saturated heterocycles. The highest BCUT2D eigenvalue weighted by molar-refractivity contribution is 7.88. The van der Waals surface area contributed by atoms with Gasteiger partial charge in [-0.3, -0.25) is 4.90 Å². The van der Waals surface area contributed by atoms with Gasteiger partial charge in [0.05, 0.1) is 13.2 Å². The molecule has 0 unspecified atom stereocenters. The summed E-state index contributed by atoms with van der Waals surface area (Å²) < 4.78 is 33.3. The van der Waals surface area contributed by atoms with Crippen LogP contribution >= 0.6 is 0 Å². The Labute approximate surface area is 149 Å². The highest BCUT2D eigenvalue weighted by Crippen LogP contribution is 2.17. The van der Waals surface area contributed by atoms with Crippen molar-refractivity contribution in [2.75, 3.05) is 32.8 Å². The van der Waals surface area contributed by atoms with Crippen LogP contribution in [0.25, 0.3) is 0 Å². The topological polar surface area (TPSA) is 74.2 Å². The van der Waals surface area contributed by atoms with Crippen molar-refractivity contribution in [3.63, 3.8) is 0 Å². The van der Waals surface area contributed by atoms with Crippen LogP contribution in [0.3, 0.4) is 0 Å². The summed E-state index contributed by atoms with van der Waals surface area (Å²) in [5, 5.41) is 0. The first-order chi connectivity index (χ1) is 12.1. The van der Waals surface area contributed by atoms with Crippen molar-refractivity contribution >= 4 is 16.4 Å². The van der Waals surface area contributed by atoms with E-state index in [1.165, 1.54) is 44.1 Å². The summed E-state index contributed by atoms with van der Waals surface area (Å²) in [6, 6.07) is 8.23.